The van der Waals surface area contributed by atoms with E-state index in [0.717, 1.165) is 18.1 Å². The quantitative estimate of drug-likeness (QED) is 0.922. The predicted octanol–water partition coefficient (Wildman–Crippen LogP) is 3.76. The lowest BCUT2D eigenvalue weighted by molar-refractivity contribution is 0.0699. The lowest BCUT2D eigenvalue weighted by Gasteiger charge is -2.27. The molecule has 1 atom stereocenters. The first kappa shape index (κ1) is 15.3. The van der Waals surface area contributed by atoms with E-state index in [0.29, 0.717) is 22.5 Å². The Labute approximate surface area is 124 Å². The third kappa shape index (κ3) is 2.82. The number of hydrogen-bond donors (Lipinski definition) is 1. The number of nitrogens with zero attached hydrogens (tertiary/aromatic N) is 2. The molecular weight excluding hydrogens is 272 g/mol. The zero-order chi connectivity index (χ0) is 15.1. The van der Waals surface area contributed by atoms with Gasteiger partial charge in [0.25, 0.3) is 0 Å². The molecule has 1 unspecified atom stereocenters. The lowest BCUT2D eigenvalue weighted by atomic mass is 9.91. The molecule has 1 fully saturated rings. The van der Waals surface area contributed by atoms with Crippen LogP contribution in [-0.2, 0) is 5.41 Å². The molecular formula is C15H24N2O2S. The van der Waals surface area contributed by atoms with Gasteiger partial charge in [-0.25, -0.2) is 9.78 Å². The van der Waals surface area contributed by atoms with Crippen molar-refractivity contribution in [3.05, 3.63) is 10.6 Å². The standard InChI is InChI=1S/C15H24N2O2S/c1-9(2)10-7-6-8-17(10)14-16-12(15(3,4)5)11(20-14)13(18)19/h9-10H,6-8H2,1-5H3,(H,18,19). The van der Waals surface area contributed by atoms with E-state index in [9.17, 15) is 9.90 Å². The SMILES string of the molecule is CC(C)C1CCCN1c1nc(C(C)(C)C)c(C(=O)O)s1. The van der Waals surface area contributed by atoms with Crippen molar-refractivity contribution < 1.29 is 9.90 Å². The Morgan fingerprint density at radius 2 is 2.10 bits per heavy atom. The second-order valence-corrected chi connectivity index (χ2v) is 7.85. The van der Waals surface area contributed by atoms with Crippen LogP contribution in [0.4, 0.5) is 5.13 Å². The van der Waals surface area contributed by atoms with Gasteiger partial charge in [-0.1, -0.05) is 46.0 Å². The molecule has 1 aliphatic heterocycles. The van der Waals surface area contributed by atoms with Crippen LogP contribution in [0.15, 0.2) is 0 Å². The second-order valence-electron chi connectivity index (χ2n) is 6.88. The topological polar surface area (TPSA) is 53.4 Å². The van der Waals surface area contributed by atoms with E-state index in [2.05, 4.69) is 23.7 Å². The molecule has 0 aromatic carbocycles. The molecule has 1 aliphatic rings. The highest BCUT2D eigenvalue weighted by Gasteiger charge is 2.33. The average molecular weight is 296 g/mol. The van der Waals surface area contributed by atoms with E-state index < -0.39 is 5.97 Å². The summed E-state index contributed by atoms with van der Waals surface area (Å²) in [6.45, 7) is 11.5. The van der Waals surface area contributed by atoms with Gasteiger partial charge >= 0.3 is 5.97 Å². The summed E-state index contributed by atoms with van der Waals surface area (Å²) in [5.41, 5.74) is 0.467. The molecule has 0 aliphatic carbocycles. The zero-order valence-corrected chi connectivity index (χ0v) is 13.8. The van der Waals surface area contributed by atoms with Crippen molar-refractivity contribution in [2.24, 2.45) is 5.92 Å². The van der Waals surface area contributed by atoms with Gasteiger partial charge in [0.05, 0.1) is 5.69 Å². The van der Waals surface area contributed by atoms with E-state index in [-0.39, 0.29) is 5.41 Å². The number of hydrogen-bond acceptors (Lipinski definition) is 4. The van der Waals surface area contributed by atoms with E-state index in [1.807, 2.05) is 20.8 Å². The predicted molar refractivity (Wildman–Crippen MR) is 83.0 cm³/mol. The summed E-state index contributed by atoms with van der Waals surface area (Å²) in [6.07, 6.45) is 2.33. The summed E-state index contributed by atoms with van der Waals surface area (Å²) in [6, 6.07) is 0.482. The molecule has 0 amide bonds. The molecule has 0 spiro atoms. The fraction of sp³-hybridized carbons (Fsp3) is 0.733. The lowest BCUT2D eigenvalue weighted by Crippen LogP contribution is -2.33. The van der Waals surface area contributed by atoms with Gasteiger partial charge in [-0.2, -0.15) is 0 Å². The number of carbonyl (C=O) groups is 1. The Bertz CT molecular complexity index is 502. The van der Waals surface area contributed by atoms with Gasteiger partial charge in [0.1, 0.15) is 4.88 Å². The van der Waals surface area contributed by atoms with Gasteiger partial charge in [0, 0.05) is 18.0 Å². The van der Waals surface area contributed by atoms with Gasteiger partial charge in [-0.15, -0.1) is 0 Å². The van der Waals surface area contributed by atoms with Crippen LogP contribution in [0, 0.1) is 5.92 Å². The van der Waals surface area contributed by atoms with Crippen LogP contribution in [0.1, 0.15) is 62.8 Å². The number of aromatic nitrogens is 1. The molecule has 4 nitrogen and oxygen atoms in total. The van der Waals surface area contributed by atoms with E-state index in [1.54, 1.807) is 0 Å². The Morgan fingerprint density at radius 3 is 2.55 bits per heavy atom. The minimum Gasteiger partial charge on any atom is -0.477 e. The van der Waals surface area contributed by atoms with Crippen LogP contribution in [-0.4, -0.2) is 28.6 Å². The van der Waals surface area contributed by atoms with Crippen molar-refractivity contribution in [1.29, 1.82) is 0 Å². The van der Waals surface area contributed by atoms with E-state index in [4.69, 9.17) is 0 Å². The number of rotatable bonds is 3. The molecule has 5 heteroatoms. The smallest absolute Gasteiger partial charge is 0.347 e. The largest absolute Gasteiger partial charge is 0.477 e. The van der Waals surface area contributed by atoms with Crippen molar-refractivity contribution >= 4 is 22.4 Å². The third-order valence-electron chi connectivity index (χ3n) is 3.84. The number of anilines is 1. The highest BCUT2D eigenvalue weighted by Crippen LogP contribution is 2.37. The molecule has 2 rings (SSSR count). The summed E-state index contributed by atoms with van der Waals surface area (Å²) >= 11 is 1.33. The first-order valence-electron chi connectivity index (χ1n) is 7.23. The van der Waals surface area contributed by atoms with Crippen LogP contribution in [0.25, 0.3) is 0 Å². The number of aromatic carboxylic acids is 1. The average Bonchev–Trinajstić information content (AvgIpc) is 2.94. The maximum atomic E-state index is 11.5. The molecule has 0 radical (unpaired) electrons. The highest BCUT2D eigenvalue weighted by molar-refractivity contribution is 7.17. The summed E-state index contributed by atoms with van der Waals surface area (Å²) in [5.74, 6) is -0.299. The molecule has 2 heterocycles. The Kier molecular flexibility index (Phi) is 4.09. The summed E-state index contributed by atoms with van der Waals surface area (Å²) in [7, 11) is 0. The molecule has 1 saturated heterocycles. The Morgan fingerprint density at radius 1 is 1.45 bits per heavy atom. The van der Waals surface area contributed by atoms with Crippen molar-refractivity contribution in [2.45, 2.75) is 58.9 Å². The molecule has 1 aromatic heterocycles. The first-order chi connectivity index (χ1) is 9.21. The summed E-state index contributed by atoms with van der Waals surface area (Å²) in [5, 5.41) is 10.3. The molecule has 1 aromatic rings. The van der Waals surface area contributed by atoms with Crippen LogP contribution in [0.3, 0.4) is 0 Å². The van der Waals surface area contributed by atoms with Crippen molar-refractivity contribution in [1.82, 2.24) is 4.98 Å². The molecule has 1 N–H and O–H groups in total. The highest BCUT2D eigenvalue weighted by atomic mass is 32.1. The maximum absolute atomic E-state index is 11.5. The Hall–Kier alpha value is -1.10. The maximum Gasteiger partial charge on any atom is 0.347 e. The minimum absolute atomic E-state index is 0.241. The van der Waals surface area contributed by atoms with Gasteiger partial charge in [-0.3, -0.25) is 0 Å². The van der Waals surface area contributed by atoms with Crippen LogP contribution < -0.4 is 4.90 Å². The van der Waals surface area contributed by atoms with Crippen molar-refractivity contribution in [3.63, 3.8) is 0 Å². The fourth-order valence-corrected chi connectivity index (χ4v) is 4.01. The minimum atomic E-state index is -0.862. The zero-order valence-electron chi connectivity index (χ0n) is 12.9. The van der Waals surface area contributed by atoms with Gasteiger partial charge < -0.3 is 10.0 Å². The first-order valence-corrected chi connectivity index (χ1v) is 8.04. The van der Waals surface area contributed by atoms with E-state index >= 15 is 0 Å². The molecule has 20 heavy (non-hydrogen) atoms. The number of thiazole rings is 1. The van der Waals surface area contributed by atoms with Gasteiger partial charge in [0.15, 0.2) is 5.13 Å². The normalized spacial score (nSPS) is 19.9. The van der Waals surface area contributed by atoms with Gasteiger partial charge in [0.2, 0.25) is 0 Å². The Balaban J connectivity index is 2.41. The molecule has 0 saturated carbocycles. The third-order valence-corrected chi connectivity index (χ3v) is 4.92. The van der Waals surface area contributed by atoms with Crippen molar-refractivity contribution in [3.8, 4) is 0 Å². The second kappa shape index (κ2) is 5.35. The number of carboxylic acid groups (broad SMARTS) is 1. The van der Waals surface area contributed by atoms with Crippen LogP contribution in [0.5, 0.6) is 0 Å². The van der Waals surface area contributed by atoms with Crippen LogP contribution in [0.2, 0.25) is 0 Å². The molecule has 112 valence electrons. The van der Waals surface area contributed by atoms with E-state index in [1.165, 1.54) is 17.8 Å². The monoisotopic (exact) mass is 296 g/mol. The van der Waals surface area contributed by atoms with Crippen LogP contribution >= 0.6 is 11.3 Å². The van der Waals surface area contributed by atoms with Gasteiger partial charge in [-0.05, 0) is 18.8 Å². The summed E-state index contributed by atoms with van der Waals surface area (Å²) < 4.78 is 0. The fourth-order valence-electron chi connectivity index (χ4n) is 2.81. The summed E-state index contributed by atoms with van der Waals surface area (Å²) in [4.78, 5) is 18.8. The van der Waals surface area contributed by atoms with Crippen molar-refractivity contribution in [2.75, 3.05) is 11.4 Å². The molecule has 0 bridgehead atoms. The number of carboxylic acids is 1.